The van der Waals surface area contributed by atoms with Crippen LogP contribution in [-0.4, -0.2) is 4.98 Å². The highest BCUT2D eigenvalue weighted by Gasteiger charge is 2.01. The van der Waals surface area contributed by atoms with E-state index in [2.05, 4.69) is 4.98 Å². The lowest BCUT2D eigenvalue weighted by Gasteiger charge is -2.06. The highest BCUT2D eigenvalue weighted by molar-refractivity contribution is 5.85. The van der Waals surface area contributed by atoms with Crippen LogP contribution in [0.15, 0.2) is 18.3 Å². The Morgan fingerprint density at radius 1 is 1.55 bits per heavy atom. The van der Waals surface area contributed by atoms with Crippen LogP contribution in [0.2, 0.25) is 0 Å². The van der Waals surface area contributed by atoms with E-state index in [0.29, 0.717) is 5.82 Å². The van der Waals surface area contributed by atoms with E-state index >= 15 is 0 Å². The van der Waals surface area contributed by atoms with Crippen LogP contribution >= 0.6 is 12.4 Å². The third kappa shape index (κ3) is 2.37. The first kappa shape index (κ1) is 10.2. The molecule has 4 N–H and O–H groups in total. The van der Waals surface area contributed by atoms with Gasteiger partial charge in [-0.15, -0.1) is 12.4 Å². The van der Waals surface area contributed by atoms with Crippen molar-refractivity contribution in [1.82, 2.24) is 4.98 Å². The fourth-order valence-corrected chi connectivity index (χ4v) is 0.815. The van der Waals surface area contributed by atoms with Gasteiger partial charge < -0.3 is 11.5 Å². The standard InChI is InChI=1S/C7H11N3.ClH/c1-5(8)6-3-2-4-10-7(6)9;/h2-5H,8H2,1H3,(H2,9,10);1H/t5-;/m1./s1. The minimum absolute atomic E-state index is 0. The zero-order chi connectivity index (χ0) is 7.56. The van der Waals surface area contributed by atoms with Crippen molar-refractivity contribution in [2.24, 2.45) is 5.73 Å². The van der Waals surface area contributed by atoms with Crippen LogP contribution in [0.25, 0.3) is 0 Å². The third-order valence-corrected chi connectivity index (χ3v) is 1.36. The second-order valence-corrected chi connectivity index (χ2v) is 2.27. The number of aromatic nitrogens is 1. The molecule has 0 spiro atoms. The van der Waals surface area contributed by atoms with Crippen LogP contribution in [0, 0.1) is 0 Å². The summed E-state index contributed by atoms with van der Waals surface area (Å²) in [5.41, 5.74) is 12.0. The van der Waals surface area contributed by atoms with E-state index in [0.717, 1.165) is 5.56 Å². The van der Waals surface area contributed by atoms with E-state index in [1.165, 1.54) is 0 Å². The van der Waals surface area contributed by atoms with Crippen LogP contribution in [0.3, 0.4) is 0 Å². The number of hydrogen-bond donors (Lipinski definition) is 2. The van der Waals surface area contributed by atoms with Crippen molar-refractivity contribution < 1.29 is 0 Å². The van der Waals surface area contributed by atoms with Gasteiger partial charge in [0.2, 0.25) is 0 Å². The maximum absolute atomic E-state index is 5.59. The SMILES string of the molecule is C[C@@H](N)c1cccnc1N.Cl. The molecule has 0 radical (unpaired) electrons. The average molecular weight is 174 g/mol. The topological polar surface area (TPSA) is 64.9 Å². The van der Waals surface area contributed by atoms with Gasteiger partial charge in [0.15, 0.2) is 0 Å². The number of hydrogen-bond acceptors (Lipinski definition) is 3. The lowest BCUT2D eigenvalue weighted by molar-refractivity contribution is 0.816. The second kappa shape index (κ2) is 4.16. The molecule has 0 aliphatic rings. The molecule has 3 nitrogen and oxygen atoms in total. The van der Waals surface area contributed by atoms with Gasteiger partial charge in [-0.3, -0.25) is 0 Å². The second-order valence-electron chi connectivity index (χ2n) is 2.27. The van der Waals surface area contributed by atoms with E-state index in [1.807, 2.05) is 19.1 Å². The molecule has 11 heavy (non-hydrogen) atoms. The van der Waals surface area contributed by atoms with Crippen molar-refractivity contribution in [2.45, 2.75) is 13.0 Å². The minimum Gasteiger partial charge on any atom is -0.383 e. The van der Waals surface area contributed by atoms with Gasteiger partial charge in [-0.2, -0.15) is 0 Å². The van der Waals surface area contributed by atoms with Crippen LogP contribution < -0.4 is 11.5 Å². The van der Waals surface area contributed by atoms with Crippen molar-refractivity contribution in [3.05, 3.63) is 23.9 Å². The molecule has 1 atom stereocenters. The van der Waals surface area contributed by atoms with E-state index in [4.69, 9.17) is 11.5 Å². The van der Waals surface area contributed by atoms with Gasteiger partial charge in [-0.1, -0.05) is 6.07 Å². The zero-order valence-corrected chi connectivity index (χ0v) is 7.14. The molecule has 1 aromatic rings. The molecule has 62 valence electrons. The maximum atomic E-state index is 5.59. The normalized spacial score (nSPS) is 11.8. The number of nitrogens with two attached hydrogens (primary N) is 2. The molecule has 0 amide bonds. The highest BCUT2D eigenvalue weighted by Crippen LogP contribution is 2.13. The lowest BCUT2D eigenvalue weighted by atomic mass is 10.1. The summed E-state index contributed by atoms with van der Waals surface area (Å²) >= 11 is 0. The van der Waals surface area contributed by atoms with Gasteiger partial charge >= 0.3 is 0 Å². The summed E-state index contributed by atoms with van der Waals surface area (Å²) in [6, 6.07) is 3.68. The summed E-state index contributed by atoms with van der Waals surface area (Å²) in [5, 5.41) is 0. The fraction of sp³-hybridized carbons (Fsp3) is 0.286. The van der Waals surface area contributed by atoms with Crippen molar-refractivity contribution in [3.63, 3.8) is 0 Å². The number of pyridine rings is 1. The molecule has 0 fully saturated rings. The van der Waals surface area contributed by atoms with Crippen molar-refractivity contribution in [2.75, 3.05) is 5.73 Å². The van der Waals surface area contributed by atoms with Gasteiger partial charge in [0.25, 0.3) is 0 Å². The molecule has 0 saturated carbocycles. The van der Waals surface area contributed by atoms with Crippen LogP contribution in [0.5, 0.6) is 0 Å². The fourth-order valence-electron chi connectivity index (χ4n) is 0.815. The molecular formula is C7H12ClN3. The first-order valence-corrected chi connectivity index (χ1v) is 3.18. The average Bonchev–Trinajstić information content (AvgIpc) is 1.88. The van der Waals surface area contributed by atoms with Crippen molar-refractivity contribution >= 4 is 18.2 Å². The smallest absolute Gasteiger partial charge is 0.128 e. The van der Waals surface area contributed by atoms with Crippen molar-refractivity contribution in [3.8, 4) is 0 Å². The summed E-state index contributed by atoms with van der Waals surface area (Å²) in [4.78, 5) is 3.90. The molecule has 0 saturated heterocycles. The molecule has 1 heterocycles. The summed E-state index contributed by atoms with van der Waals surface area (Å²) in [7, 11) is 0. The summed E-state index contributed by atoms with van der Waals surface area (Å²) in [6.07, 6.45) is 1.65. The highest BCUT2D eigenvalue weighted by atomic mass is 35.5. The lowest BCUT2D eigenvalue weighted by Crippen LogP contribution is -2.08. The first-order chi connectivity index (χ1) is 4.72. The largest absolute Gasteiger partial charge is 0.383 e. The molecule has 0 bridgehead atoms. The minimum atomic E-state index is -0.0336. The molecule has 4 heteroatoms. The van der Waals surface area contributed by atoms with Gasteiger partial charge in [-0.25, -0.2) is 4.98 Å². The Hall–Kier alpha value is -0.800. The van der Waals surface area contributed by atoms with E-state index in [1.54, 1.807) is 6.20 Å². The number of nitrogen functional groups attached to an aromatic ring is 1. The number of anilines is 1. The Balaban J connectivity index is 0.000001000. The molecule has 0 aliphatic carbocycles. The van der Waals surface area contributed by atoms with Crippen LogP contribution in [0.1, 0.15) is 18.5 Å². The Morgan fingerprint density at radius 2 is 2.18 bits per heavy atom. The molecular weight excluding hydrogens is 162 g/mol. The van der Waals surface area contributed by atoms with E-state index in [-0.39, 0.29) is 18.4 Å². The third-order valence-electron chi connectivity index (χ3n) is 1.36. The molecule has 1 rings (SSSR count). The zero-order valence-electron chi connectivity index (χ0n) is 6.32. The quantitative estimate of drug-likeness (QED) is 0.669. The monoisotopic (exact) mass is 173 g/mol. The Bertz CT molecular complexity index is 225. The molecule has 1 aromatic heterocycles. The predicted molar refractivity (Wildman–Crippen MR) is 48.5 cm³/mol. The predicted octanol–water partition coefficient (Wildman–Crippen LogP) is 1.11. The van der Waals surface area contributed by atoms with Crippen LogP contribution in [0.4, 0.5) is 5.82 Å². The van der Waals surface area contributed by atoms with Crippen LogP contribution in [-0.2, 0) is 0 Å². The number of rotatable bonds is 1. The van der Waals surface area contributed by atoms with Crippen molar-refractivity contribution in [1.29, 1.82) is 0 Å². The van der Waals surface area contributed by atoms with Gasteiger partial charge in [-0.05, 0) is 13.0 Å². The Kier molecular flexibility index (Phi) is 3.85. The summed E-state index contributed by atoms with van der Waals surface area (Å²) in [6.45, 7) is 1.88. The molecule has 0 aliphatic heterocycles. The van der Waals surface area contributed by atoms with E-state index in [9.17, 15) is 0 Å². The van der Waals surface area contributed by atoms with Gasteiger partial charge in [0.05, 0.1) is 0 Å². The maximum Gasteiger partial charge on any atom is 0.128 e. The number of nitrogens with zero attached hydrogens (tertiary/aromatic N) is 1. The Morgan fingerprint density at radius 3 is 2.55 bits per heavy atom. The molecule has 0 unspecified atom stereocenters. The van der Waals surface area contributed by atoms with Gasteiger partial charge in [0, 0.05) is 17.8 Å². The Labute approximate surface area is 72.2 Å². The summed E-state index contributed by atoms with van der Waals surface area (Å²) < 4.78 is 0. The molecule has 0 aromatic carbocycles. The first-order valence-electron chi connectivity index (χ1n) is 3.18. The summed E-state index contributed by atoms with van der Waals surface area (Å²) in [5.74, 6) is 0.525. The van der Waals surface area contributed by atoms with Gasteiger partial charge in [0.1, 0.15) is 5.82 Å². The number of halogens is 1. The van der Waals surface area contributed by atoms with E-state index < -0.39 is 0 Å².